The minimum Gasteiger partial charge on any atom is -0.481 e. The molecule has 0 fully saturated rings. The van der Waals surface area contributed by atoms with E-state index in [9.17, 15) is 18.3 Å². The zero-order chi connectivity index (χ0) is 14.4. The molecule has 0 bridgehead atoms. The molecule has 0 aromatic heterocycles. The number of carboxylic acid groups (broad SMARTS) is 1. The van der Waals surface area contributed by atoms with Crippen LogP contribution in [0.25, 0.3) is 0 Å². The fraction of sp³-hybridized carbons (Fsp3) is 0.500. The fourth-order valence-corrected chi connectivity index (χ4v) is 4.09. The largest absolute Gasteiger partial charge is 0.481 e. The first-order valence-electron chi connectivity index (χ1n) is 6.24. The lowest BCUT2D eigenvalue weighted by atomic mass is 9.84. The minimum atomic E-state index is -3.23. The molecule has 1 heterocycles. The van der Waals surface area contributed by atoms with E-state index in [0.29, 0.717) is 17.7 Å². The normalized spacial score (nSPS) is 21.1. The monoisotopic (exact) mass is 282 g/mol. The summed E-state index contributed by atoms with van der Waals surface area (Å²) in [6.45, 7) is 5.00. The minimum absolute atomic E-state index is 0.341. The molecule has 1 aromatic carbocycles. The van der Waals surface area contributed by atoms with Gasteiger partial charge in [0.25, 0.3) is 0 Å². The molecule has 5 heteroatoms. The van der Waals surface area contributed by atoms with Crippen molar-refractivity contribution in [2.75, 3.05) is 0 Å². The number of aliphatic carboxylic acids is 1. The van der Waals surface area contributed by atoms with Gasteiger partial charge in [-0.15, -0.1) is 0 Å². The fourth-order valence-electron chi connectivity index (χ4n) is 2.44. The van der Waals surface area contributed by atoms with E-state index in [-0.39, 0.29) is 0 Å². The van der Waals surface area contributed by atoms with Gasteiger partial charge in [0, 0.05) is 0 Å². The first kappa shape index (κ1) is 14.1. The van der Waals surface area contributed by atoms with Gasteiger partial charge in [0.15, 0.2) is 9.84 Å². The maximum absolute atomic E-state index is 12.1. The highest BCUT2D eigenvalue weighted by molar-refractivity contribution is 7.92. The zero-order valence-corrected chi connectivity index (χ0v) is 12.1. The molecule has 1 aromatic rings. The van der Waals surface area contributed by atoms with Gasteiger partial charge in [-0.2, -0.15) is 0 Å². The Bertz CT molecular complexity index is 629. The third-order valence-electron chi connectivity index (χ3n) is 3.77. The second-order valence-electron chi connectivity index (χ2n) is 5.82. The molecule has 4 nitrogen and oxygen atoms in total. The average molecular weight is 282 g/mol. The smallest absolute Gasteiger partial charge is 0.309 e. The van der Waals surface area contributed by atoms with Gasteiger partial charge < -0.3 is 5.11 Å². The van der Waals surface area contributed by atoms with Crippen LogP contribution in [0.1, 0.15) is 31.9 Å². The lowest BCUT2D eigenvalue weighted by molar-refractivity contribution is -0.146. The summed E-state index contributed by atoms with van der Waals surface area (Å²) in [6, 6.07) is 5.14. The van der Waals surface area contributed by atoms with E-state index in [0.717, 1.165) is 11.1 Å². The number of sulfone groups is 1. The first-order valence-corrected chi connectivity index (χ1v) is 7.79. The van der Waals surface area contributed by atoms with Gasteiger partial charge in [-0.3, -0.25) is 4.79 Å². The van der Waals surface area contributed by atoms with Gasteiger partial charge in [-0.05, 0) is 50.8 Å². The molecule has 1 aliphatic rings. The number of hydrogen-bond acceptors (Lipinski definition) is 3. The zero-order valence-electron chi connectivity index (χ0n) is 11.3. The summed E-state index contributed by atoms with van der Waals surface area (Å²) >= 11 is 0. The van der Waals surface area contributed by atoms with E-state index >= 15 is 0 Å². The summed E-state index contributed by atoms with van der Waals surface area (Å²) in [5.41, 5.74) is 0.729. The molecular weight excluding hydrogens is 264 g/mol. The average Bonchev–Trinajstić information content (AvgIpc) is 2.52. The highest BCUT2D eigenvalue weighted by Crippen LogP contribution is 2.35. The van der Waals surface area contributed by atoms with E-state index < -0.39 is 26.5 Å². The van der Waals surface area contributed by atoms with Crippen LogP contribution in [-0.2, 0) is 27.5 Å². The van der Waals surface area contributed by atoms with Crippen molar-refractivity contribution in [3.63, 3.8) is 0 Å². The summed E-state index contributed by atoms with van der Waals surface area (Å²) in [5, 5.41) is 8.77. The van der Waals surface area contributed by atoms with Crippen molar-refractivity contribution in [3.05, 3.63) is 29.3 Å². The Morgan fingerprint density at radius 3 is 2.63 bits per heavy atom. The topological polar surface area (TPSA) is 71.4 Å². The molecule has 0 amide bonds. The van der Waals surface area contributed by atoms with Crippen molar-refractivity contribution >= 4 is 15.8 Å². The number of carboxylic acids is 1. The predicted molar refractivity (Wildman–Crippen MR) is 71.9 cm³/mol. The molecule has 1 aliphatic heterocycles. The van der Waals surface area contributed by atoms with E-state index in [2.05, 4.69) is 0 Å². The molecule has 1 N–H and O–H groups in total. The molecular formula is C14H18O4S. The predicted octanol–water partition coefficient (Wildman–Crippen LogP) is 2.06. The van der Waals surface area contributed by atoms with Gasteiger partial charge >= 0.3 is 5.97 Å². The molecule has 19 heavy (non-hydrogen) atoms. The summed E-state index contributed by atoms with van der Waals surface area (Å²) in [7, 11) is -3.23. The summed E-state index contributed by atoms with van der Waals surface area (Å²) in [4.78, 5) is 11.6. The molecule has 1 unspecified atom stereocenters. The van der Waals surface area contributed by atoms with Crippen LogP contribution in [-0.4, -0.2) is 24.7 Å². The SMILES string of the molecule is CC1Cc2c(CC(C)(C)C(=O)O)cccc2S1(=O)=O. The second kappa shape index (κ2) is 4.34. The Kier molecular flexibility index (Phi) is 3.21. The van der Waals surface area contributed by atoms with Crippen LogP contribution in [0.3, 0.4) is 0 Å². The van der Waals surface area contributed by atoms with Crippen LogP contribution in [0.5, 0.6) is 0 Å². The highest BCUT2D eigenvalue weighted by Gasteiger charge is 2.36. The van der Waals surface area contributed by atoms with E-state index in [1.54, 1.807) is 32.9 Å². The Labute approximate surface area is 113 Å². The highest BCUT2D eigenvalue weighted by atomic mass is 32.2. The Morgan fingerprint density at radius 2 is 2.05 bits per heavy atom. The van der Waals surface area contributed by atoms with Crippen LogP contribution < -0.4 is 0 Å². The van der Waals surface area contributed by atoms with Crippen molar-refractivity contribution < 1.29 is 18.3 Å². The molecule has 0 aliphatic carbocycles. The second-order valence-corrected chi connectivity index (χ2v) is 8.15. The third kappa shape index (κ3) is 2.27. The Morgan fingerprint density at radius 1 is 1.42 bits per heavy atom. The van der Waals surface area contributed by atoms with Crippen molar-refractivity contribution in [3.8, 4) is 0 Å². The van der Waals surface area contributed by atoms with E-state index in [4.69, 9.17) is 0 Å². The Balaban J connectivity index is 2.48. The van der Waals surface area contributed by atoms with Crippen LogP contribution in [0.15, 0.2) is 23.1 Å². The number of carbonyl (C=O) groups is 1. The van der Waals surface area contributed by atoms with Crippen LogP contribution >= 0.6 is 0 Å². The van der Waals surface area contributed by atoms with Gasteiger partial charge in [0.05, 0.1) is 15.6 Å². The van der Waals surface area contributed by atoms with Crippen molar-refractivity contribution in [1.82, 2.24) is 0 Å². The lowest BCUT2D eigenvalue weighted by Crippen LogP contribution is -2.26. The molecule has 0 saturated carbocycles. The molecule has 1 atom stereocenters. The van der Waals surface area contributed by atoms with Crippen LogP contribution in [0, 0.1) is 5.41 Å². The Hall–Kier alpha value is -1.36. The number of hydrogen-bond donors (Lipinski definition) is 1. The number of benzene rings is 1. The summed E-state index contributed by atoms with van der Waals surface area (Å²) < 4.78 is 24.2. The third-order valence-corrected chi connectivity index (χ3v) is 5.99. The summed E-state index contributed by atoms with van der Waals surface area (Å²) in [5.74, 6) is -0.876. The van der Waals surface area contributed by atoms with Crippen LogP contribution in [0.2, 0.25) is 0 Å². The van der Waals surface area contributed by atoms with Crippen molar-refractivity contribution in [1.29, 1.82) is 0 Å². The number of rotatable bonds is 3. The van der Waals surface area contributed by atoms with Gasteiger partial charge in [-0.25, -0.2) is 8.42 Å². The lowest BCUT2D eigenvalue weighted by Gasteiger charge is -2.20. The molecule has 104 valence electrons. The maximum Gasteiger partial charge on any atom is 0.309 e. The van der Waals surface area contributed by atoms with Crippen molar-refractivity contribution in [2.24, 2.45) is 5.41 Å². The molecule has 2 rings (SSSR count). The van der Waals surface area contributed by atoms with Gasteiger partial charge in [-0.1, -0.05) is 12.1 Å². The maximum atomic E-state index is 12.1. The van der Waals surface area contributed by atoms with Crippen molar-refractivity contribution in [2.45, 2.75) is 43.8 Å². The molecule has 0 spiro atoms. The molecule has 0 saturated heterocycles. The standard InChI is InChI=1S/C14H18O4S/c1-9-7-11-10(8-14(2,3)13(15)16)5-4-6-12(11)19(9,17)18/h4-6,9H,7-8H2,1-3H3,(H,15,16). The molecule has 0 radical (unpaired) electrons. The quantitative estimate of drug-likeness (QED) is 0.921. The number of fused-ring (bicyclic) bond motifs is 1. The van der Waals surface area contributed by atoms with E-state index in [1.807, 2.05) is 6.07 Å². The summed E-state index contributed by atoms with van der Waals surface area (Å²) in [6.07, 6.45) is 0.817. The van der Waals surface area contributed by atoms with Gasteiger partial charge in [0.1, 0.15) is 0 Å². The van der Waals surface area contributed by atoms with E-state index in [1.165, 1.54) is 0 Å². The van der Waals surface area contributed by atoms with Crippen LogP contribution in [0.4, 0.5) is 0 Å². The first-order chi connectivity index (χ1) is 8.66. The van der Waals surface area contributed by atoms with Gasteiger partial charge in [0.2, 0.25) is 0 Å².